The van der Waals surface area contributed by atoms with Crippen molar-refractivity contribution in [2.75, 3.05) is 6.61 Å². The number of hydrogen-bond acceptors (Lipinski definition) is 2. The Morgan fingerprint density at radius 1 is 0.677 bits per heavy atom. The normalized spacial score (nSPS) is 12.3. The molecule has 2 heteroatoms. The number of ether oxygens (including phenoxy) is 1. The summed E-state index contributed by atoms with van der Waals surface area (Å²) in [5.74, 6) is -0.266. The summed E-state index contributed by atoms with van der Waals surface area (Å²) >= 11 is 0. The van der Waals surface area contributed by atoms with Gasteiger partial charge in [0.05, 0.1) is 13.0 Å². The second kappa shape index (κ2) is 8.23. The van der Waals surface area contributed by atoms with Crippen LogP contribution in [0, 0.1) is 0 Å². The predicted octanol–water partition coefficient (Wildman–Crippen LogP) is 7.23. The van der Waals surface area contributed by atoms with Gasteiger partial charge in [-0.25, -0.2) is 0 Å². The molecule has 0 radical (unpaired) electrons. The highest BCUT2D eigenvalue weighted by Gasteiger charge is 2.23. The van der Waals surface area contributed by atoms with Gasteiger partial charge in [-0.05, 0) is 50.4 Å². The summed E-state index contributed by atoms with van der Waals surface area (Å²) in [5, 5.41) is 7.17. The number of hydrogen-bond donors (Lipinski definition) is 0. The summed E-state index contributed by atoms with van der Waals surface area (Å²) in [5.41, 5.74) is 2.32. The van der Waals surface area contributed by atoms with Gasteiger partial charge in [-0.15, -0.1) is 0 Å². The molecule has 152 valence electrons. The van der Waals surface area contributed by atoms with Gasteiger partial charge < -0.3 is 4.74 Å². The van der Waals surface area contributed by atoms with E-state index in [0.717, 1.165) is 5.56 Å². The van der Waals surface area contributed by atoms with E-state index in [9.17, 15) is 4.79 Å². The minimum Gasteiger partial charge on any atom is -0.466 e. The second-order valence-corrected chi connectivity index (χ2v) is 7.86. The quantitative estimate of drug-likeness (QED) is 0.228. The molecule has 0 saturated heterocycles. The van der Waals surface area contributed by atoms with Gasteiger partial charge in [0.15, 0.2) is 0 Å². The van der Waals surface area contributed by atoms with Crippen LogP contribution >= 0.6 is 0 Å². The Morgan fingerprint density at radius 3 is 2.03 bits per heavy atom. The molecule has 0 fully saturated rings. The molecule has 0 aliphatic heterocycles. The van der Waals surface area contributed by atoms with Gasteiger partial charge in [-0.3, -0.25) is 4.79 Å². The molecule has 0 amide bonds. The van der Waals surface area contributed by atoms with Crippen LogP contribution in [0.4, 0.5) is 0 Å². The highest BCUT2D eigenvalue weighted by Crippen LogP contribution is 2.39. The van der Waals surface area contributed by atoms with Crippen LogP contribution in [0.15, 0.2) is 97.1 Å². The Balaban J connectivity index is 1.81. The third kappa shape index (κ3) is 3.55. The zero-order valence-corrected chi connectivity index (χ0v) is 17.5. The van der Waals surface area contributed by atoms with Crippen molar-refractivity contribution in [2.24, 2.45) is 0 Å². The minimum absolute atomic E-state index is 0.0975. The number of esters is 1. The Labute approximate surface area is 182 Å². The lowest BCUT2D eigenvalue weighted by atomic mass is 9.82. The lowest BCUT2D eigenvalue weighted by molar-refractivity contribution is -0.143. The van der Waals surface area contributed by atoms with E-state index in [2.05, 4.69) is 97.1 Å². The maximum Gasteiger partial charge on any atom is 0.306 e. The fourth-order valence-corrected chi connectivity index (χ4v) is 4.71. The predicted molar refractivity (Wildman–Crippen MR) is 128 cm³/mol. The number of carbonyl (C=O) groups is 1. The van der Waals surface area contributed by atoms with Crippen LogP contribution in [0.1, 0.15) is 30.4 Å². The number of rotatable bonds is 5. The average Bonchev–Trinajstić information content (AvgIpc) is 2.82. The smallest absolute Gasteiger partial charge is 0.306 e. The summed E-state index contributed by atoms with van der Waals surface area (Å²) in [4.78, 5) is 12.7. The van der Waals surface area contributed by atoms with Crippen LogP contribution in [-0.2, 0) is 9.53 Å². The van der Waals surface area contributed by atoms with Gasteiger partial charge in [-0.1, -0.05) is 97.1 Å². The van der Waals surface area contributed by atoms with Crippen molar-refractivity contribution in [1.82, 2.24) is 0 Å². The topological polar surface area (TPSA) is 26.3 Å². The van der Waals surface area contributed by atoms with E-state index in [1.54, 1.807) is 0 Å². The Bertz CT molecular complexity index is 1400. The molecule has 5 aromatic carbocycles. The van der Waals surface area contributed by atoms with Crippen molar-refractivity contribution in [3.8, 4) is 0 Å². The Kier molecular flexibility index (Phi) is 5.13. The van der Waals surface area contributed by atoms with Gasteiger partial charge in [0.2, 0.25) is 0 Å². The van der Waals surface area contributed by atoms with E-state index < -0.39 is 0 Å². The number of benzene rings is 5. The van der Waals surface area contributed by atoms with E-state index >= 15 is 0 Å². The molecule has 0 aliphatic rings. The molecule has 0 saturated carbocycles. The molecule has 0 N–H and O–H groups in total. The van der Waals surface area contributed by atoms with E-state index in [1.807, 2.05) is 6.92 Å². The molecule has 0 bridgehead atoms. The Hall–Kier alpha value is -3.65. The first-order valence-electron chi connectivity index (χ1n) is 10.8. The van der Waals surface area contributed by atoms with Gasteiger partial charge in [0.1, 0.15) is 0 Å². The summed E-state index contributed by atoms with van der Waals surface area (Å²) < 4.78 is 5.39. The molecule has 5 aromatic rings. The summed E-state index contributed by atoms with van der Waals surface area (Å²) in [6.45, 7) is 2.25. The van der Waals surface area contributed by atoms with Crippen molar-refractivity contribution in [1.29, 1.82) is 0 Å². The highest BCUT2D eigenvalue weighted by molar-refractivity contribution is 6.09. The lowest BCUT2D eigenvalue weighted by Gasteiger charge is -2.22. The third-order valence-electron chi connectivity index (χ3n) is 6.05. The average molecular weight is 405 g/mol. The molecule has 1 atom stereocenters. The monoisotopic (exact) mass is 404 g/mol. The van der Waals surface area contributed by atoms with Crippen LogP contribution in [0.5, 0.6) is 0 Å². The first-order chi connectivity index (χ1) is 15.3. The van der Waals surface area contributed by atoms with E-state index in [1.165, 1.54) is 37.9 Å². The summed E-state index contributed by atoms with van der Waals surface area (Å²) in [7, 11) is 0. The molecular formula is C29H24O2. The van der Waals surface area contributed by atoms with Crippen molar-refractivity contribution in [3.63, 3.8) is 0 Å². The first kappa shape index (κ1) is 19.3. The largest absolute Gasteiger partial charge is 0.466 e. The molecule has 31 heavy (non-hydrogen) atoms. The Morgan fingerprint density at radius 2 is 1.26 bits per heavy atom. The van der Waals surface area contributed by atoms with Gasteiger partial charge in [0.25, 0.3) is 0 Å². The molecule has 1 unspecified atom stereocenters. The highest BCUT2D eigenvalue weighted by atomic mass is 16.5. The fraction of sp³-hybridized carbons (Fsp3) is 0.138. The zero-order valence-electron chi connectivity index (χ0n) is 17.5. The molecule has 2 nitrogen and oxygen atoms in total. The molecule has 0 aromatic heterocycles. The molecule has 0 heterocycles. The van der Waals surface area contributed by atoms with Crippen molar-refractivity contribution < 1.29 is 9.53 Å². The summed E-state index contributed by atoms with van der Waals surface area (Å²) in [6.07, 6.45) is 0.310. The van der Waals surface area contributed by atoms with Gasteiger partial charge >= 0.3 is 5.97 Å². The van der Waals surface area contributed by atoms with Crippen LogP contribution < -0.4 is 0 Å². The van der Waals surface area contributed by atoms with E-state index in [0.29, 0.717) is 13.0 Å². The number of carbonyl (C=O) groups excluding carboxylic acids is 1. The van der Waals surface area contributed by atoms with Gasteiger partial charge in [0, 0.05) is 5.92 Å². The molecule has 0 aliphatic carbocycles. The van der Waals surface area contributed by atoms with Crippen molar-refractivity contribution >= 4 is 38.3 Å². The number of fused-ring (bicyclic) bond motifs is 4. The SMILES string of the molecule is CCOC(=O)CC(c1cccc2ccccc12)c1cccc2ccc3ccccc3c12. The van der Waals surface area contributed by atoms with Crippen LogP contribution in [0.2, 0.25) is 0 Å². The van der Waals surface area contributed by atoms with Crippen molar-refractivity contribution in [2.45, 2.75) is 19.3 Å². The zero-order chi connectivity index (χ0) is 21.2. The van der Waals surface area contributed by atoms with Gasteiger partial charge in [-0.2, -0.15) is 0 Å². The maximum atomic E-state index is 12.7. The second-order valence-electron chi connectivity index (χ2n) is 7.86. The standard InChI is InChI=1S/C29H24O2/c1-2-31-28(30)19-27(25-15-7-11-20-9-3-5-13-23(20)25)26-16-8-12-22-18-17-21-10-4-6-14-24(21)29(22)26/h3-18,27H,2,19H2,1H3. The molecule has 0 spiro atoms. The van der Waals surface area contributed by atoms with Crippen LogP contribution in [0.25, 0.3) is 32.3 Å². The van der Waals surface area contributed by atoms with E-state index in [4.69, 9.17) is 4.74 Å². The first-order valence-corrected chi connectivity index (χ1v) is 10.8. The third-order valence-corrected chi connectivity index (χ3v) is 6.05. The molecular weight excluding hydrogens is 380 g/mol. The van der Waals surface area contributed by atoms with Crippen LogP contribution in [-0.4, -0.2) is 12.6 Å². The molecule has 5 rings (SSSR count). The lowest BCUT2D eigenvalue weighted by Crippen LogP contribution is -2.12. The summed E-state index contributed by atoms with van der Waals surface area (Å²) in [6, 6.07) is 33.9. The minimum atomic E-state index is -0.169. The van der Waals surface area contributed by atoms with Crippen molar-refractivity contribution in [3.05, 3.63) is 108 Å². The fourth-order valence-electron chi connectivity index (χ4n) is 4.71. The van der Waals surface area contributed by atoms with Crippen LogP contribution in [0.3, 0.4) is 0 Å². The maximum absolute atomic E-state index is 12.7. The van der Waals surface area contributed by atoms with E-state index in [-0.39, 0.29) is 11.9 Å².